The van der Waals surface area contributed by atoms with Gasteiger partial charge in [0, 0.05) is 5.57 Å². The summed E-state index contributed by atoms with van der Waals surface area (Å²) in [5.41, 5.74) is 0.763. The molecular weight excluding hydrogens is 158 g/mol. The molecule has 0 saturated heterocycles. The summed E-state index contributed by atoms with van der Waals surface area (Å²) in [4.78, 5) is 21.6. The summed E-state index contributed by atoms with van der Waals surface area (Å²) in [5.74, 6) is -0.588. The van der Waals surface area contributed by atoms with Crippen molar-refractivity contribution in [2.75, 3.05) is 13.7 Å². The Balaban J connectivity index is 2.23. The summed E-state index contributed by atoms with van der Waals surface area (Å²) in [6.45, 7) is -0.0489. The van der Waals surface area contributed by atoms with Crippen LogP contribution in [0.15, 0.2) is 11.6 Å². The van der Waals surface area contributed by atoms with Crippen LogP contribution < -0.4 is 5.32 Å². The van der Waals surface area contributed by atoms with Crippen LogP contribution in [-0.4, -0.2) is 25.5 Å². The van der Waals surface area contributed by atoms with Gasteiger partial charge in [-0.15, -0.1) is 0 Å². The van der Waals surface area contributed by atoms with Crippen LogP contribution in [0.25, 0.3) is 0 Å². The second-order valence-corrected chi connectivity index (χ2v) is 2.53. The van der Waals surface area contributed by atoms with Crippen LogP contribution in [0.4, 0.5) is 0 Å². The Hall–Kier alpha value is -1.32. The van der Waals surface area contributed by atoms with Gasteiger partial charge in [-0.2, -0.15) is 0 Å². The SMILES string of the molecule is COC(=O)CNC(=O)C1=CCC1. The summed E-state index contributed by atoms with van der Waals surface area (Å²) in [7, 11) is 1.29. The molecule has 4 heteroatoms. The lowest BCUT2D eigenvalue weighted by Gasteiger charge is -2.12. The molecule has 0 aromatic rings. The molecule has 0 saturated carbocycles. The van der Waals surface area contributed by atoms with E-state index in [-0.39, 0.29) is 12.5 Å². The summed E-state index contributed by atoms with van der Waals surface area (Å²) in [6, 6.07) is 0. The zero-order valence-electron chi connectivity index (χ0n) is 6.92. The molecule has 1 amide bonds. The average Bonchev–Trinajstić information content (AvgIpc) is 1.97. The lowest BCUT2D eigenvalue weighted by atomic mass is 9.98. The fraction of sp³-hybridized carbons (Fsp3) is 0.500. The first-order valence-electron chi connectivity index (χ1n) is 3.78. The van der Waals surface area contributed by atoms with E-state index in [1.54, 1.807) is 0 Å². The third-order valence-corrected chi connectivity index (χ3v) is 1.72. The number of carbonyl (C=O) groups excluding carboxylic acids is 2. The topological polar surface area (TPSA) is 55.4 Å². The van der Waals surface area contributed by atoms with Gasteiger partial charge >= 0.3 is 5.97 Å². The molecule has 0 fully saturated rings. The van der Waals surface area contributed by atoms with Crippen molar-refractivity contribution in [2.24, 2.45) is 0 Å². The van der Waals surface area contributed by atoms with E-state index < -0.39 is 5.97 Å². The molecule has 0 bridgehead atoms. The number of hydrogen-bond donors (Lipinski definition) is 1. The molecule has 0 radical (unpaired) electrons. The number of rotatable bonds is 3. The minimum absolute atomic E-state index is 0.0489. The van der Waals surface area contributed by atoms with E-state index in [0.717, 1.165) is 18.4 Å². The monoisotopic (exact) mass is 169 g/mol. The second kappa shape index (κ2) is 3.90. The van der Waals surface area contributed by atoms with Gasteiger partial charge in [-0.3, -0.25) is 9.59 Å². The number of ether oxygens (including phenoxy) is 1. The van der Waals surface area contributed by atoms with E-state index in [9.17, 15) is 9.59 Å². The molecule has 1 rings (SSSR count). The van der Waals surface area contributed by atoms with Gasteiger partial charge in [-0.05, 0) is 12.8 Å². The molecule has 12 heavy (non-hydrogen) atoms. The highest BCUT2D eigenvalue weighted by atomic mass is 16.5. The van der Waals surface area contributed by atoms with Crippen LogP contribution in [0.2, 0.25) is 0 Å². The standard InChI is InChI=1S/C8H11NO3/c1-12-7(10)5-9-8(11)6-3-2-4-6/h3H,2,4-5H2,1H3,(H,9,11). The molecule has 0 aromatic carbocycles. The van der Waals surface area contributed by atoms with Crippen molar-refractivity contribution in [3.63, 3.8) is 0 Å². The molecule has 1 aliphatic carbocycles. The summed E-state index contributed by atoms with van der Waals surface area (Å²) in [6.07, 6.45) is 3.63. The zero-order chi connectivity index (χ0) is 8.97. The van der Waals surface area contributed by atoms with Crippen molar-refractivity contribution in [1.29, 1.82) is 0 Å². The number of nitrogens with one attached hydrogen (secondary N) is 1. The molecule has 0 unspecified atom stereocenters. The third-order valence-electron chi connectivity index (χ3n) is 1.72. The molecule has 0 heterocycles. The van der Waals surface area contributed by atoms with Crippen LogP contribution in [0.3, 0.4) is 0 Å². The highest BCUT2D eigenvalue weighted by Gasteiger charge is 2.14. The summed E-state index contributed by atoms with van der Waals surface area (Å²) in [5, 5.41) is 2.45. The van der Waals surface area contributed by atoms with Crippen molar-refractivity contribution in [2.45, 2.75) is 12.8 Å². The van der Waals surface area contributed by atoms with E-state index in [4.69, 9.17) is 0 Å². The molecule has 0 atom stereocenters. The molecular formula is C8H11NO3. The Morgan fingerprint density at radius 2 is 2.33 bits per heavy atom. The van der Waals surface area contributed by atoms with Gasteiger partial charge in [-0.25, -0.2) is 0 Å². The van der Waals surface area contributed by atoms with Crippen LogP contribution in [-0.2, 0) is 14.3 Å². The zero-order valence-corrected chi connectivity index (χ0v) is 6.92. The Morgan fingerprint density at radius 1 is 1.67 bits per heavy atom. The normalized spacial score (nSPS) is 14.2. The number of allylic oxidation sites excluding steroid dienone is 1. The van der Waals surface area contributed by atoms with Crippen LogP contribution in [0.5, 0.6) is 0 Å². The number of methoxy groups -OCH3 is 1. The quantitative estimate of drug-likeness (QED) is 0.605. The van der Waals surface area contributed by atoms with E-state index in [1.807, 2.05) is 6.08 Å². The maximum absolute atomic E-state index is 11.1. The van der Waals surface area contributed by atoms with Gasteiger partial charge in [0.05, 0.1) is 7.11 Å². The number of esters is 1. The van der Waals surface area contributed by atoms with Gasteiger partial charge in [-0.1, -0.05) is 6.08 Å². The Morgan fingerprint density at radius 3 is 2.75 bits per heavy atom. The molecule has 66 valence electrons. The van der Waals surface area contributed by atoms with Gasteiger partial charge in [0.1, 0.15) is 6.54 Å². The first kappa shape index (κ1) is 8.77. The Labute approximate surface area is 70.6 Å². The molecule has 4 nitrogen and oxygen atoms in total. The predicted molar refractivity (Wildman–Crippen MR) is 42.3 cm³/mol. The van der Waals surface area contributed by atoms with Crippen molar-refractivity contribution >= 4 is 11.9 Å². The van der Waals surface area contributed by atoms with Gasteiger partial charge < -0.3 is 10.1 Å². The molecule has 0 aromatic heterocycles. The van der Waals surface area contributed by atoms with Crippen molar-refractivity contribution in [1.82, 2.24) is 5.32 Å². The highest BCUT2D eigenvalue weighted by molar-refractivity contribution is 5.96. The fourth-order valence-electron chi connectivity index (χ4n) is 0.833. The smallest absolute Gasteiger partial charge is 0.325 e. The van der Waals surface area contributed by atoms with Crippen LogP contribution in [0.1, 0.15) is 12.8 Å². The number of amides is 1. The van der Waals surface area contributed by atoms with Crippen molar-refractivity contribution < 1.29 is 14.3 Å². The lowest BCUT2D eigenvalue weighted by Crippen LogP contribution is -2.32. The second-order valence-electron chi connectivity index (χ2n) is 2.53. The molecule has 1 N–H and O–H groups in total. The van der Waals surface area contributed by atoms with E-state index in [0.29, 0.717) is 0 Å². The largest absolute Gasteiger partial charge is 0.468 e. The van der Waals surface area contributed by atoms with E-state index >= 15 is 0 Å². The third kappa shape index (κ3) is 2.08. The lowest BCUT2D eigenvalue weighted by molar-refractivity contribution is -0.140. The first-order valence-corrected chi connectivity index (χ1v) is 3.78. The van der Waals surface area contributed by atoms with Crippen LogP contribution in [0, 0.1) is 0 Å². The average molecular weight is 169 g/mol. The minimum Gasteiger partial charge on any atom is -0.468 e. The summed E-state index contributed by atoms with van der Waals surface area (Å²) >= 11 is 0. The minimum atomic E-state index is -0.428. The summed E-state index contributed by atoms with van der Waals surface area (Å²) < 4.78 is 4.36. The number of hydrogen-bond acceptors (Lipinski definition) is 3. The van der Waals surface area contributed by atoms with Gasteiger partial charge in [0.25, 0.3) is 0 Å². The highest BCUT2D eigenvalue weighted by Crippen LogP contribution is 2.16. The van der Waals surface area contributed by atoms with Crippen LogP contribution >= 0.6 is 0 Å². The molecule has 0 aliphatic heterocycles. The van der Waals surface area contributed by atoms with Crippen molar-refractivity contribution in [3.05, 3.63) is 11.6 Å². The first-order chi connectivity index (χ1) is 5.74. The number of carbonyl (C=O) groups is 2. The van der Waals surface area contributed by atoms with E-state index in [2.05, 4.69) is 10.1 Å². The maximum atomic E-state index is 11.1. The molecule has 1 aliphatic rings. The maximum Gasteiger partial charge on any atom is 0.325 e. The van der Waals surface area contributed by atoms with E-state index in [1.165, 1.54) is 7.11 Å². The van der Waals surface area contributed by atoms with Gasteiger partial charge in [0.2, 0.25) is 5.91 Å². The fourth-order valence-corrected chi connectivity index (χ4v) is 0.833. The Kier molecular flexibility index (Phi) is 2.85. The predicted octanol–water partition coefficient (Wildman–Crippen LogP) is -0.00420. The Bertz CT molecular complexity index is 232. The van der Waals surface area contributed by atoms with Gasteiger partial charge in [0.15, 0.2) is 0 Å². The molecule has 0 spiro atoms. The van der Waals surface area contributed by atoms with Crippen molar-refractivity contribution in [3.8, 4) is 0 Å².